The number of esters is 1. The second-order valence-electron chi connectivity index (χ2n) is 6.84. The monoisotopic (exact) mass is 391 g/mol. The largest absolute Gasteiger partial charge is 0.487 e. The zero-order valence-corrected chi connectivity index (χ0v) is 16.5. The van der Waals surface area contributed by atoms with Gasteiger partial charge in [-0.3, -0.25) is 19.4 Å². The van der Waals surface area contributed by atoms with Crippen molar-refractivity contribution >= 4 is 23.6 Å². The van der Waals surface area contributed by atoms with Gasteiger partial charge in [0.25, 0.3) is 0 Å². The molecule has 2 aromatic rings. The smallest absolute Gasteiger partial charge is 0.329 e. The number of ketones is 2. The highest BCUT2D eigenvalue weighted by molar-refractivity contribution is 6.25. The summed E-state index contributed by atoms with van der Waals surface area (Å²) in [5, 5.41) is 0. The Hall–Kier alpha value is -3.54. The highest BCUT2D eigenvalue weighted by Gasteiger charge is 2.36. The maximum absolute atomic E-state index is 12.3. The molecule has 6 nitrogen and oxygen atoms in total. The van der Waals surface area contributed by atoms with Gasteiger partial charge in [-0.2, -0.15) is 0 Å². The Balaban J connectivity index is 1.72. The molecule has 1 aliphatic heterocycles. The molecule has 1 aromatic carbocycles. The molecule has 3 rings (SSSR count). The average Bonchev–Trinajstić information content (AvgIpc) is 2.65. The van der Waals surface area contributed by atoms with E-state index in [4.69, 9.17) is 9.47 Å². The summed E-state index contributed by atoms with van der Waals surface area (Å²) in [5.74, 6) is -2.48. The summed E-state index contributed by atoms with van der Waals surface area (Å²) in [7, 11) is 0. The molecule has 148 valence electrons. The van der Waals surface area contributed by atoms with Crippen molar-refractivity contribution in [3.63, 3.8) is 0 Å². The highest BCUT2D eigenvalue weighted by Crippen LogP contribution is 2.26. The van der Waals surface area contributed by atoms with Crippen molar-refractivity contribution in [2.45, 2.75) is 27.4 Å². The highest BCUT2D eigenvalue weighted by atomic mass is 16.5. The summed E-state index contributed by atoms with van der Waals surface area (Å²) < 4.78 is 10.8. The van der Waals surface area contributed by atoms with Crippen LogP contribution >= 0.6 is 0 Å². The summed E-state index contributed by atoms with van der Waals surface area (Å²) in [6, 6.07) is 9.38. The van der Waals surface area contributed by atoms with Gasteiger partial charge in [0, 0.05) is 12.3 Å². The predicted octanol–water partition coefficient (Wildman–Crippen LogP) is 3.51. The lowest BCUT2D eigenvalue weighted by atomic mass is 9.95. The second kappa shape index (κ2) is 8.65. The first-order valence-electron chi connectivity index (χ1n) is 9.15. The molecule has 1 aromatic heterocycles. The normalized spacial score (nSPS) is 16.5. The molecule has 1 aliphatic rings. The van der Waals surface area contributed by atoms with Crippen LogP contribution < -0.4 is 4.74 Å². The molecule has 1 unspecified atom stereocenters. The molecule has 6 heteroatoms. The Morgan fingerprint density at radius 3 is 2.52 bits per heavy atom. The average molecular weight is 391 g/mol. The van der Waals surface area contributed by atoms with Crippen molar-refractivity contribution in [2.75, 3.05) is 0 Å². The number of ether oxygens (including phenoxy) is 2. The molecule has 0 saturated heterocycles. The number of aromatic nitrogens is 1. The Morgan fingerprint density at radius 1 is 1.17 bits per heavy atom. The van der Waals surface area contributed by atoms with Crippen LogP contribution in [0.25, 0.3) is 6.08 Å². The van der Waals surface area contributed by atoms with Gasteiger partial charge in [-0.05, 0) is 67.8 Å². The van der Waals surface area contributed by atoms with Gasteiger partial charge in [-0.15, -0.1) is 0 Å². The van der Waals surface area contributed by atoms with Crippen molar-refractivity contribution < 1.29 is 23.9 Å². The van der Waals surface area contributed by atoms with Crippen molar-refractivity contribution in [1.82, 2.24) is 4.98 Å². The number of nitrogens with zero attached hydrogens (tertiary/aromatic N) is 1. The molecule has 2 heterocycles. The fourth-order valence-corrected chi connectivity index (χ4v) is 3.12. The first-order valence-corrected chi connectivity index (χ1v) is 9.15. The zero-order valence-electron chi connectivity index (χ0n) is 16.5. The fraction of sp³-hybridized carbons (Fsp3) is 0.217. The maximum Gasteiger partial charge on any atom is 0.329 e. The first kappa shape index (κ1) is 20.2. The lowest BCUT2D eigenvalue weighted by Crippen LogP contribution is -2.34. The molecular weight excluding hydrogens is 370 g/mol. The maximum atomic E-state index is 12.3. The van der Waals surface area contributed by atoms with Gasteiger partial charge in [0.05, 0.1) is 5.69 Å². The van der Waals surface area contributed by atoms with Crippen LogP contribution in [0.4, 0.5) is 0 Å². The van der Waals surface area contributed by atoms with Crippen molar-refractivity contribution in [3.8, 4) is 5.75 Å². The minimum Gasteiger partial charge on any atom is -0.487 e. The molecular formula is C23H21NO5. The minimum atomic E-state index is -1.43. The van der Waals surface area contributed by atoms with Crippen LogP contribution in [0.3, 0.4) is 0 Å². The van der Waals surface area contributed by atoms with E-state index in [0.29, 0.717) is 6.61 Å². The Bertz CT molecular complexity index is 998. The minimum absolute atomic E-state index is 0.195. The van der Waals surface area contributed by atoms with Crippen LogP contribution in [0, 0.1) is 19.8 Å². The van der Waals surface area contributed by atoms with Crippen molar-refractivity contribution in [3.05, 3.63) is 76.8 Å². The number of rotatable bonds is 6. The Labute approximate surface area is 168 Å². The summed E-state index contributed by atoms with van der Waals surface area (Å²) in [6.45, 7) is 5.68. The van der Waals surface area contributed by atoms with Crippen LogP contribution in [-0.2, 0) is 25.7 Å². The number of allylic oxidation sites excluding steroid dienone is 3. The third-order valence-corrected chi connectivity index (χ3v) is 4.43. The summed E-state index contributed by atoms with van der Waals surface area (Å²) in [4.78, 5) is 40.4. The van der Waals surface area contributed by atoms with Gasteiger partial charge in [0.2, 0.25) is 0 Å². The lowest BCUT2D eigenvalue weighted by molar-refractivity contribution is -0.151. The van der Waals surface area contributed by atoms with Crippen LogP contribution in [0.15, 0.2) is 54.4 Å². The quantitative estimate of drug-likeness (QED) is 0.426. The molecule has 0 fully saturated rings. The standard InChI is InChI=1S/C23H21NO5/c1-14-10-17(7-8-19(25)21-20(26)12-16(3)29-23(21)27)11-15(2)22(14)28-13-18-6-4-5-9-24-18/h4-12,21H,13H2,1-3H3/b8-7+. The van der Waals surface area contributed by atoms with E-state index < -0.39 is 23.5 Å². The summed E-state index contributed by atoms with van der Waals surface area (Å²) >= 11 is 0. The van der Waals surface area contributed by atoms with Gasteiger partial charge in [-0.25, -0.2) is 0 Å². The van der Waals surface area contributed by atoms with Gasteiger partial charge in [-0.1, -0.05) is 12.1 Å². The molecule has 0 radical (unpaired) electrons. The number of hydrogen-bond donors (Lipinski definition) is 0. The molecule has 0 saturated carbocycles. The molecule has 29 heavy (non-hydrogen) atoms. The van der Waals surface area contributed by atoms with E-state index in [1.54, 1.807) is 12.3 Å². The van der Waals surface area contributed by atoms with Crippen LogP contribution in [0.5, 0.6) is 5.75 Å². The molecule has 0 bridgehead atoms. The van der Waals surface area contributed by atoms with Gasteiger partial charge >= 0.3 is 5.97 Å². The Kier molecular flexibility index (Phi) is 6.02. The van der Waals surface area contributed by atoms with E-state index in [1.807, 2.05) is 44.2 Å². The molecule has 0 N–H and O–H groups in total. The van der Waals surface area contributed by atoms with E-state index >= 15 is 0 Å². The van der Waals surface area contributed by atoms with E-state index in [1.165, 1.54) is 19.1 Å². The predicted molar refractivity (Wildman–Crippen MR) is 107 cm³/mol. The van der Waals surface area contributed by atoms with Gasteiger partial charge in [0.1, 0.15) is 18.1 Å². The topological polar surface area (TPSA) is 82.6 Å². The van der Waals surface area contributed by atoms with E-state index in [9.17, 15) is 14.4 Å². The van der Waals surface area contributed by atoms with Crippen LogP contribution in [0.2, 0.25) is 0 Å². The second-order valence-corrected chi connectivity index (χ2v) is 6.84. The SMILES string of the molecule is CC1=CC(=O)C(C(=O)/C=C/c2cc(C)c(OCc3ccccn3)c(C)c2)C(=O)O1. The zero-order chi connectivity index (χ0) is 21.0. The number of pyridine rings is 1. The lowest BCUT2D eigenvalue weighted by Gasteiger charge is -2.16. The number of carbonyl (C=O) groups is 3. The van der Waals surface area contributed by atoms with Gasteiger partial charge < -0.3 is 9.47 Å². The van der Waals surface area contributed by atoms with E-state index in [-0.39, 0.29) is 5.76 Å². The number of carbonyl (C=O) groups excluding carboxylic acids is 3. The number of benzene rings is 1. The fourth-order valence-electron chi connectivity index (χ4n) is 3.12. The molecule has 0 amide bonds. The summed E-state index contributed by atoms with van der Waals surface area (Å²) in [5.41, 5.74) is 3.40. The third kappa shape index (κ3) is 4.85. The van der Waals surface area contributed by atoms with E-state index in [0.717, 1.165) is 28.1 Å². The molecule has 1 atom stereocenters. The Morgan fingerprint density at radius 2 is 1.90 bits per heavy atom. The number of cyclic esters (lactones) is 1. The van der Waals surface area contributed by atoms with Crippen molar-refractivity contribution in [1.29, 1.82) is 0 Å². The molecule has 0 spiro atoms. The third-order valence-electron chi connectivity index (χ3n) is 4.43. The van der Waals surface area contributed by atoms with Crippen molar-refractivity contribution in [2.24, 2.45) is 5.92 Å². The number of hydrogen-bond acceptors (Lipinski definition) is 6. The van der Waals surface area contributed by atoms with Crippen LogP contribution in [-0.4, -0.2) is 22.5 Å². The molecule has 0 aliphatic carbocycles. The van der Waals surface area contributed by atoms with Crippen LogP contribution in [0.1, 0.15) is 29.3 Å². The number of aryl methyl sites for hydroxylation is 2. The van der Waals surface area contributed by atoms with E-state index in [2.05, 4.69) is 4.98 Å². The first-order chi connectivity index (χ1) is 13.8. The summed E-state index contributed by atoms with van der Waals surface area (Å²) in [6.07, 6.45) is 5.70. The van der Waals surface area contributed by atoms with Gasteiger partial charge in [0.15, 0.2) is 17.5 Å².